The Labute approximate surface area is 311 Å². The van der Waals surface area contributed by atoms with Crippen molar-refractivity contribution in [3.8, 4) is 39.9 Å². The average molecular weight is 754 g/mol. The first-order chi connectivity index (χ1) is 25.5. The summed E-state index contributed by atoms with van der Waals surface area (Å²) in [5, 5.41) is 19.3. The summed E-state index contributed by atoms with van der Waals surface area (Å²) >= 11 is 7.11. The third-order valence-electron chi connectivity index (χ3n) is 9.52. The average Bonchev–Trinajstić information content (AvgIpc) is 3.56. The van der Waals surface area contributed by atoms with Gasteiger partial charge in [-0.3, -0.25) is 9.78 Å². The monoisotopic (exact) mass is 753 g/mol. The van der Waals surface area contributed by atoms with Crippen LogP contribution in [0.25, 0.3) is 22.4 Å². The van der Waals surface area contributed by atoms with Gasteiger partial charge in [0.1, 0.15) is 17.4 Å². The number of aliphatic hydroxyl groups is 1. The molecule has 10 nitrogen and oxygen atoms in total. The fraction of sp³-hybridized carbons (Fsp3) is 0.410. The Morgan fingerprint density at radius 3 is 2.53 bits per heavy atom. The number of methoxy groups -OCH3 is 2. The summed E-state index contributed by atoms with van der Waals surface area (Å²) in [6.45, 7) is 2.99. The second-order valence-corrected chi connectivity index (χ2v) is 13.7. The lowest BCUT2D eigenvalue weighted by molar-refractivity contribution is -0.139. The summed E-state index contributed by atoms with van der Waals surface area (Å²) < 4.78 is 60.4. The number of aromatic nitrogens is 2. The smallest absolute Gasteiger partial charge is 0.421 e. The summed E-state index contributed by atoms with van der Waals surface area (Å²) in [7, 11) is 2.95. The number of pyridine rings is 2. The molecule has 3 atom stereocenters. The van der Waals surface area contributed by atoms with Crippen LogP contribution < -0.4 is 30.2 Å². The zero-order valence-corrected chi connectivity index (χ0v) is 30.5. The summed E-state index contributed by atoms with van der Waals surface area (Å²) in [5.41, 5.74) is 4.73. The van der Waals surface area contributed by atoms with Crippen LogP contribution in [0.2, 0.25) is 5.02 Å². The van der Waals surface area contributed by atoms with E-state index < -0.39 is 29.8 Å². The third kappa shape index (κ3) is 8.86. The Balaban J connectivity index is 1.27. The Morgan fingerprint density at radius 2 is 1.81 bits per heavy atom. The van der Waals surface area contributed by atoms with Gasteiger partial charge in [-0.25, -0.2) is 0 Å². The summed E-state index contributed by atoms with van der Waals surface area (Å²) in [6.07, 6.45) is -1.23. The number of halogens is 4. The van der Waals surface area contributed by atoms with Gasteiger partial charge < -0.3 is 35.3 Å². The first kappa shape index (κ1) is 38.3. The van der Waals surface area contributed by atoms with Gasteiger partial charge in [0, 0.05) is 67.1 Å². The van der Waals surface area contributed by atoms with E-state index in [0.717, 1.165) is 45.9 Å². The quantitative estimate of drug-likeness (QED) is 0.110. The molecule has 4 N–H and O–H groups in total. The highest BCUT2D eigenvalue weighted by molar-refractivity contribution is 6.35. The Hall–Kier alpha value is -4.43. The molecule has 3 heterocycles. The fourth-order valence-corrected chi connectivity index (χ4v) is 7.27. The Bertz CT molecular complexity index is 1940. The molecule has 0 saturated carbocycles. The molecule has 2 aromatic heterocycles. The lowest BCUT2D eigenvalue weighted by Crippen LogP contribution is -2.35. The predicted molar refractivity (Wildman–Crippen MR) is 195 cm³/mol. The van der Waals surface area contributed by atoms with Crippen LogP contribution in [0.1, 0.15) is 66.5 Å². The lowest BCUT2D eigenvalue weighted by Gasteiger charge is -2.29. The van der Waals surface area contributed by atoms with Crippen molar-refractivity contribution in [1.29, 1.82) is 0 Å². The number of rotatable bonds is 14. The van der Waals surface area contributed by atoms with Crippen LogP contribution in [-0.4, -0.2) is 60.4 Å². The number of hydrogen-bond acceptors (Lipinski definition) is 9. The lowest BCUT2D eigenvalue weighted by atomic mass is 9.84. The van der Waals surface area contributed by atoms with E-state index in [1.165, 1.54) is 7.11 Å². The molecule has 1 aliphatic carbocycles. The van der Waals surface area contributed by atoms with E-state index in [4.69, 9.17) is 25.8 Å². The minimum atomic E-state index is -4.74. The number of hydrogen-bond donors (Lipinski definition) is 4. The van der Waals surface area contributed by atoms with E-state index in [-0.39, 0.29) is 36.5 Å². The molecule has 0 unspecified atom stereocenters. The molecule has 4 aromatic rings. The highest BCUT2D eigenvalue weighted by Gasteiger charge is 2.38. The molecule has 0 spiro atoms. The number of alkyl halides is 3. The highest BCUT2D eigenvalue weighted by atomic mass is 35.5. The summed E-state index contributed by atoms with van der Waals surface area (Å²) in [4.78, 5) is 20.3. The number of amides is 1. The molecule has 0 bridgehead atoms. The second-order valence-electron chi connectivity index (χ2n) is 13.3. The molecule has 2 aliphatic rings. The van der Waals surface area contributed by atoms with Crippen LogP contribution in [0.15, 0.2) is 54.7 Å². The van der Waals surface area contributed by atoms with Crippen LogP contribution in [0.4, 0.5) is 13.2 Å². The molecule has 2 aromatic carbocycles. The van der Waals surface area contributed by atoms with Crippen molar-refractivity contribution in [1.82, 2.24) is 25.9 Å². The van der Waals surface area contributed by atoms with Crippen LogP contribution in [-0.2, 0) is 30.5 Å². The van der Waals surface area contributed by atoms with E-state index in [2.05, 4.69) is 25.9 Å². The molecule has 1 saturated heterocycles. The van der Waals surface area contributed by atoms with Crippen molar-refractivity contribution < 1.29 is 37.3 Å². The van der Waals surface area contributed by atoms with Gasteiger partial charge >= 0.3 is 6.18 Å². The van der Waals surface area contributed by atoms with E-state index in [0.29, 0.717) is 55.2 Å². The summed E-state index contributed by atoms with van der Waals surface area (Å²) in [5.74, 6) is 0.192. The molecule has 0 radical (unpaired) electrons. The number of carbonyl (C=O) groups is 1. The van der Waals surface area contributed by atoms with Crippen molar-refractivity contribution in [2.75, 3.05) is 27.3 Å². The van der Waals surface area contributed by atoms with E-state index in [1.54, 1.807) is 20.2 Å². The first-order valence-corrected chi connectivity index (χ1v) is 18.0. The molecule has 14 heteroatoms. The first-order valence-electron chi connectivity index (χ1n) is 17.6. The number of aliphatic hydroxyl groups excluding tert-OH is 1. The largest absolute Gasteiger partial charge is 0.496 e. The summed E-state index contributed by atoms with van der Waals surface area (Å²) in [6, 6.07) is 14.4. The number of ether oxygens (including phenoxy) is 3. The van der Waals surface area contributed by atoms with Crippen molar-refractivity contribution in [3.05, 3.63) is 87.6 Å². The number of carbonyl (C=O) groups excluding carboxylic acids is 1. The standard InChI is InChI=1S/C39H43ClF3N5O5/c1-22(49)18-44-20-25-16-31(39(41,42)43)38(48-37(25)52-3)53-32-9-5-7-27-28(6-4-8-29(27)32)30-14-15-46-36(35(30)40)23-10-11-24(33(17-23)51-2)19-45-21-26-12-13-34(50)47-26/h4,6,8,10-11,14-17,22,26,32,44-45,49H,5,7,9,12-13,18-21H2,1-3H3,(H,47,50)/t22-,26-,32-/m1/s1. The Kier molecular flexibility index (Phi) is 12.1. The molecular formula is C39H43ClF3N5O5. The van der Waals surface area contributed by atoms with Gasteiger partial charge in [0.15, 0.2) is 0 Å². The molecule has 1 fully saturated rings. The van der Waals surface area contributed by atoms with Crippen LogP contribution >= 0.6 is 11.6 Å². The van der Waals surface area contributed by atoms with Gasteiger partial charge in [-0.15, -0.1) is 0 Å². The Morgan fingerprint density at radius 1 is 1.00 bits per heavy atom. The minimum absolute atomic E-state index is 0.00645. The highest BCUT2D eigenvalue weighted by Crippen LogP contribution is 2.45. The SMILES string of the molecule is COc1cc(-c2nccc(-c3cccc4c3CCC[C@H]4Oc3nc(OC)c(CNC[C@@H](C)O)cc3C(F)(F)F)c2Cl)ccc1CNC[C@H]1CCC(=O)N1. The van der Waals surface area contributed by atoms with Crippen molar-refractivity contribution in [2.24, 2.45) is 0 Å². The fourth-order valence-electron chi connectivity index (χ4n) is 6.95. The number of nitrogens with zero attached hydrogens (tertiary/aromatic N) is 2. The van der Waals surface area contributed by atoms with Gasteiger partial charge in [-0.2, -0.15) is 18.2 Å². The van der Waals surface area contributed by atoms with E-state index in [1.807, 2.05) is 42.5 Å². The number of nitrogens with one attached hydrogen (secondary N) is 3. The van der Waals surface area contributed by atoms with E-state index in [9.17, 15) is 23.1 Å². The van der Waals surface area contributed by atoms with Crippen molar-refractivity contribution in [3.63, 3.8) is 0 Å². The molecular weight excluding hydrogens is 711 g/mol. The maximum Gasteiger partial charge on any atom is 0.421 e. The topological polar surface area (TPSA) is 127 Å². The normalized spacial score (nSPS) is 17.6. The zero-order valence-electron chi connectivity index (χ0n) is 29.8. The van der Waals surface area contributed by atoms with Crippen molar-refractivity contribution >= 4 is 17.5 Å². The third-order valence-corrected chi connectivity index (χ3v) is 9.90. The molecule has 53 heavy (non-hydrogen) atoms. The minimum Gasteiger partial charge on any atom is -0.496 e. The van der Waals surface area contributed by atoms with Gasteiger partial charge in [-0.1, -0.05) is 41.9 Å². The van der Waals surface area contributed by atoms with E-state index >= 15 is 0 Å². The predicted octanol–water partition coefficient (Wildman–Crippen LogP) is 6.80. The van der Waals surface area contributed by atoms with Crippen LogP contribution in [0.5, 0.6) is 17.5 Å². The molecule has 6 rings (SSSR count). The maximum absolute atomic E-state index is 14.4. The second kappa shape index (κ2) is 16.7. The van der Waals surface area contributed by atoms with Crippen LogP contribution in [0, 0.1) is 0 Å². The number of benzene rings is 2. The molecule has 282 valence electrons. The maximum atomic E-state index is 14.4. The number of fused-ring (bicyclic) bond motifs is 1. The van der Waals surface area contributed by atoms with Gasteiger partial charge in [-0.05, 0) is 67.5 Å². The van der Waals surface area contributed by atoms with Crippen molar-refractivity contribution in [2.45, 2.75) is 76.5 Å². The van der Waals surface area contributed by atoms with Gasteiger partial charge in [0.2, 0.25) is 17.7 Å². The zero-order chi connectivity index (χ0) is 37.7. The molecule has 1 aliphatic heterocycles. The van der Waals surface area contributed by atoms with Gasteiger partial charge in [0.05, 0.1) is 31.0 Å². The molecule has 1 amide bonds. The van der Waals surface area contributed by atoms with Gasteiger partial charge in [0.25, 0.3) is 0 Å². The van der Waals surface area contributed by atoms with Crippen LogP contribution in [0.3, 0.4) is 0 Å².